The number of benzene rings is 2. The lowest BCUT2D eigenvalue weighted by Crippen LogP contribution is -2.50. The minimum atomic E-state index is -3.60. The van der Waals surface area contributed by atoms with E-state index in [9.17, 15) is 13.2 Å². The van der Waals surface area contributed by atoms with Crippen molar-refractivity contribution in [3.8, 4) is 5.75 Å². The average Bonchev–Trinajstić information content (AvgIpc) is 2.67. The fraction of sp³-hybridized carbons (Fsp3) is 0.316. The molecule has 0 spiro atoms. The van der Waals surface area contributed by atoms with Gasteiger partial charge in [-0.05, 0) is 31.2 Å². The van der Waals surface area contributed by atoms with Crippen molar-refractivity contribution in [2.24, 2.45) is 0 Å². The van der Waals surface area contributed by atoms with Crippen LogP contribution in [0.3, 0.4) is 0 Å². The number of aryl methyl sites for hydroxylation is 1. The maximum atomic E-state index is 12.8. The van der Waals surface area contributed by atoms with Crippen molar-refractivity contribution in [2.45, 2.75) is 11.8 Å². The van der Waals surface area contributed by atoms with Gasteiger partial charge in [0.15, 0.2) is 0 Å². The Morgan fingerprint density at radius 1 is 1.00 bits per heavy atom. The van der Waals surface area contributed by atoms with Crippen molar-refractivity contribution in [1.29, 1.82) is 0 Å². The lowest BCUT2D eigenvalue weighted by molar-refractivity contribution is 0.0698. The van der Waals surface area contributed by atoms with Crippen LogP contribution < -0.4 is 4.74 Å². The molecule has 1 heterocycles. The number of carbonyl (C=O) groups is 1. The van der Waals surface area contributed by atoms with E-state index in [0.717, 1.165) is 5.56 Å². The van der Waals surface area contributed by atoms with Crippen LogP contribution in [0.15, 0.2) is 53.4 Å². The Hall–Kier alpha value is -2.38. The molecule has 1 saturated heterocycles. The summed E-state index contributed by atoms with van der Waals surface area (Å²) in [7, 11) is -2.10. The molecule has 1 amide bonds. The second-order valence-electron chi connectivity index (χ2n) is 6.24. The van der Waals surface area contributed by atoms with Crippen LogP contribution in [-0.4, -0.2) is 56.8 Å². The van der Waals surface area contributed by atoms with Crippen LogP contribution >= 0.6 is 0 Å². The van der Waals surface area contributed by atoms with Crippen LogP contribution in [0.25, 0.3) is 0 Å². The first-order valence-corrected chi connectivity index (χ1v) is 9.86. The molecule has 0 radical (unpaired) electrons. The normalized spacial score (nSPS) is 15.7. The maximum Gasteiger partial charge on any atom is 0.253 e. The molecule has 0 saturated carbocycles. The van der Waals surface area contributed by atoms with Gasteiger partial charge in [-0.15, -0.1) is 0 Å². The second kappa shape index (κ2) is 7.47. The number of nitrogens with zero attached hydrogens (tertiary/aromatic N) is 2. The van der Waals surface area contributed by atoms with E-state index in [4.69, 9.17) is 4.74 Å². The third-order valence-electron chi connectivity index (χ3n) is 4.47. The van der Waals surface area contributed by atoms with Crippen molar-refractivity contribution in [1.82, 2.24) is 9.21 Å². The van der Waals surface area contributed by atoms with Gasteiger partial charge in [0.1, 0.15) is 5.75 Å². The summed E-state index contributed by atoms with van der Waals surface area (Å²) in [6.45, 7) is 3.23. The zero-order chi connectivity index (χ0) is 18.7. The summed E-state index contributed by atoms with van der Waals surface area (Å²) in [5.74, 6) is 0.437. The summed E-state index contributed by atoms with van der Waals surface area (Å²) in [5, 5.41) is 0. The highest BCUT2D eigenvalue weighted by atomic mass is 32.2. The number of ether oxygens (including phenoxy) is 1. The van der Waals surface area contributed by atoms with E-state index in [1.165, 1.54) is 17.5 Å². The lowest BCUT2D eigenvalue weighted by Gasteiger charge is -2.34. The highest BCUT2D eigenvalue weighted by molar-refractivity contribution is 7.89. The molecule has 138 valence electrons. The van der Waals surface area contributed by atoms with Gasteiger partial charge in [0.25, 0.3) is 5.91 Å². The molecule has 3 rings (SSSR count). The van der Waals surface area contributed by atoms with Crippen molar-refractivity contribution >= 4 is 15.9 Å². The van der Waals surface area contributed by atoms with Gasteiger partial charge in [0.05, 0.1) is 12.0 Å². The van der Waals surface area contributed by atoms with Gasteiger partial charge < -0.3 is 9.64 Å². The van der Waals surface area contributed by atoms with Crippen molar-refractivity contribution in [3.63, 3.8) is 0 Å². The Morgan fingerprint density at radius 2 is 1.69 bits per heavy atom. The number of hydrogen-bond acceptors (Lipinski definition) is 4. The molecule has 0 aliphatic carbocycles. The number of rotatable bonds is 4. The zero-order valence-electron chi connectivity index (χ0n) is 14.9. The Bertz CT molecular complexity index is 903. The van der Waals surface area contributed by atoms with Gasteiger partial charge >= 0.3 is 0 Å². The van der Waals surface area contributed by atoms with E-state index in [0.29, 0.717) is 24.4 Å². The van der Waals surface area contributed by atoms with Crippen LogP contribution in [-0.2, 0) is 10.0 Å². The van der Waals surface area contributed by atoms with Gasteiger partial charge in [0.2, 0.25) is 10.0 Å². The molecule has 1 aliphatic heterocycles. The maximum absolute atomic E-state index is 12.8. The number of hydrogen-bond donors (Lipinski definition) is 0. The number of piperazine rings is 1. The average molecular weight is 374 g/mol. The van der Waals surface area contributed by atoms with E-state index >= 15 is 0 Å². The summed E-state index contributed by atoms with van der Waals surface area (Å²) in [4.78, 5) is 14.5. The van der Waals surface area contributed by atoms with E-state index in [1.54, 1.807) is 29.2 Å². The Labute approximate surface area is 154 Å². The third kappa shape index (κ3) is 3.73. The van der Waals surface area contributed by atoms with Gasteiger partial charge in [-0.2, -0.15) is 4.31 Å². The standard InChI is InChI=1S/C19H22N2O4S/c1-15-5-3-6-16(13-15)19(22)20-9-11-21(12-10-20)26(23,24)18-8-4-7-17(14-18)25-2/h3-8,13-14H,9-12H2,1-2H3. The van der Waals surface area contributed by atoms with E-state index in [1.807, 2.05) is 25.1 Å². The van der Waals surface area contributed by atoms with Crippen molar-refractivity contribution in [3.05, 3.63) is 59.7 Å². The van der Waals surface area contributed by atoms with Gasteiger partial charge in [-0.3, -0.25) is 4.79 Å². The molecule has 1 fully saturated rings. The minimum Gasteiger partial charge on any atom is -0.497 e. The monoisotopic (exact) mass is 374 g/mol. The quantitative estimate of drug-likeness (QED) is 0.822. The summed E-state index contributed by atoms with van der Waals surface area (Å²) >= 11 is 0. The number of methoxy groups -OCH3 is 1. The molecule has 0 aromatic heterocycles. The highest BCUT2D eigenvalue weighted by Crippen LogP contribution is 2.22. The molecule has 0 N–H and O–H groups in total. The Kier molecular flexibility index (Phi) is 5.29. The largest absolute Gasteiger partial charge is 0.497 e. The second-order valence-corrected chi connectivity index (χ2v) is 8.18. The summed E-state index contributed by atoms with van der Waals surface area (Å²) in [6, 6.07) is 13.9. The molecule has 0 atom stereocenters. The fourth-order valence-corrected chi connectivity index (χ4v) is 4.46. The first-order chi connectivity index (χ1) is 12.4. The van der Waals surface area contributed by atoms with E-state index in [-0.39, 0.29) is 23.9 Å². The van der Waals surface area contributed by atoms with Gasteiger partial charge in [-0.1, -0.05) is 23.8 Å². The van der Waals surface area contributed by atoms with Gasteiger partial charge in [0, 0.05) is 37.8 Å². The van der Waals surface area contributed by atoms with Crippen LogP contribution in [0.5, 0.6) is 5.75 Å². The third-order valence-corrected chi connectivity index (χ3v) is 6.36. The van der Waals surface area contributed by atoms with Gasteiger partial charge in [-0.25, -0.2) is 8.42 Å². The van der Waals surface area contributed by atoms with Crippen LogP contribution in [0.1, 0.15) is 15.9 Å². The predicted molar refractivity (Wildman–Crippen MR) is 98.8 cm³/mol. The highest BCUT2D eigenvalue weighted by Gasteiger charge is 2.30. The number of amides is 1. The molecule has 0 unspecified atom stereocenters. The zero-order valence-corrected chi connectivity index (χ0v) is 15.7. The van der Waals surface area contributed by atoms with E-state index < -0.39 is 10.0 Å². The lowest BCUT2D eigenvalue weighted by atomic mass is 10.1. The molecule has 1 aliphatic rings. The SMILES string of the molecule is COc1cccc(S(=O)(=O)N2CCN(C(=O)c3cccc(C)c3)CC2)c1. The van der Waals surface area contributed by atoms with Crippen molar-refractivity contribution in [2.75, 3.05) is 33.3 Å². The molecule has 26 heavy (non-hydrogen) atoms. The first-order valence-electron chi connectivity index (χ1n) is 8.42. The topological polar surface area (TPSA) is 66.9 Å². The number of sulfonamides is 1. The summed E-state index contributed by atoms with van der Waals surface area (Å²) < 4.78 is 32.2. The fourth-order valence-electron chi connectivity index (χ4n) is 3.00. The smallest absolute Gasteiger partial charge is 0.253 e. The molecule has 2 aromatic carbocycles. The minimum absolute atomic E-state index is 0.0628. The molecule has 0 bridgehead atoms. The Morgan fingerprint density at radius 3 is 2.35 bits per heavy atom. The summed E-state index contributed by atoms with van der Waals surface area (Å²) in [6.07, 6.45) is 0. The molecular formula is C19H22N2O4S. The van der Waals surface area contributed by atoms with E-state index in [2.05, 4.69) is 0 Å². The summed E-state index contributed by atoms with van der Waals surface area (Å²) in [5.41, 5.74) is 1.66. The number of carbonyl (C=O) groups excluding carboxylic acids is 1. The van der Waals surface area contributed by atoms with Crippen LogP contribution in [0.2, 0.25) is 0 Å². The molecular weight excluding hydrogens is 352 g/mol. The molecule has 6 nitrogen and oxygen atoms in total. The van der Waals surface area contributed by atoms with Crippen LogP contribution in [0.4, 0.5) is 0 Å². The molecule has 2 aromatic rings. The Balaban J connectivity index is 1.70. The predicted octanol–water partition coefficient (Wildman–Crippen LogP) is 2.15. The van der Waals surface area contributed by atoms with Crippen LogP contribution in [0, 0.1) is 6.92 Å². The first kappa shape index (κ1) is 18.4. The molecule has 7 heteroatoms. The van der Waals surface area contributed by atoms with Crippen molar-refractivity contribution < 1.29 is 17.9 Å².